The van der Waals surface area contributed by atoms with E-state index in [1.807, 2.05) is 14.0 Å². The van der Waals surface area contributed by atoms with Crippen LogP contribution in [0.4, 0.5) is 4.79 Å². The van der Waals surface area contributed by atoms with Crippen LogP contribution in [0.5, 0.6) is 0 Å². The molecule has 0 radical (unpaired) electrons. The van der Waals surface area contributed by atoms with Gasteiger partial charge in [-0.25, -0.2) is 4.79 Å². The Morgan fingerprint density at radius 1 is 1.08 bits per heavy atom. The van der Waals surface area contributed by atoms with Crippen LogP contribution in [0.1, 0.15) is 33.1 Å². The fraction of sp³-hybridized carbons (Fsp3) is 0.889. The van der Waals surface area contributed by atoms with Gasteiger partial charge in [0.25, 0.3) is 0 Å². The van der Waals surface area contributed by atoms with E-state index in [1.165, 1.54) is 32.4 Å². The Hall–Kier alpha value is -0.770. The van der Waals surface area contributed by atoms with Crippen molar-refractivity contribution in [1.82, 2.24) is 20.0 Å². The number of carbonyl (C=O) groups is 1. The average Bonchev–Trinajstić information content (AvgIpc) is 2.64. The van der Waals surface area contributed by atoms with Crippen molar-refractivity contribution in [2.45, 2.75) is 33.1 Å². The van der Waals surface area contributed by atoms with Crippen LogP contribution in [-0.2, 0) is 4.74 Å². The molecule has 0 aliphatic carbocycles. The fourth-order valence-electron chi connectivity index (χ4n) is 3.56. The van der Waals surface area contributed by atoms with E-state index in [4.69, 9.17) is 4.74 Å². The van der Waals surface area contributed by atoms with E-state index in [0.29, 0.717) is 25.6 Å². The first kappa shape index (κ1) is 23.3. The van der Waals surface area contributed by atoms with Crippen molar-refractivity contribution in [2.24, 2.45) is 10.9 Å². The maximum absolute atomic E-state index is 11.8. The molecule has 2 rings (SSSR count). The van der Waals surface area contributed by atoms with E-state index in [9.17, 15) is 4.79 Å². The zero-order valence-electron chi connectivity index (χ0n) is 16.6. The maximum Gasteiger partial charge on any atom is 0.409 e. The molecular formula is C18H36IN5O2. The van der Waals surface area contributed by atoms with Gasteiger partial charge in [-0.15, -0.1) is 24.0 Å². The Morgan fingerprint density at radius 2 is 1.69 bits per heavy atom. The Kier molecular flexibility index (Phi) is 11.3. The molecule has 0 bridgehead atoms. The molecule has 1 unspecified atom stereocenters. The molecule has 2 saturated heterocycles. The number of carbonyl (C=O) groups excluding carboxylic acids is 1. The van der Waals surface area contributed by atoms with Crippen LogP contribution in [-0.4, -0.2) is 92.8 Å². The number of piperidine rings is 1. The number of amides is 1. The second kappa shape index (κ2) is 12.6. The highest BCUT2D eigenvalue weighted by Crippen LogP contribution is 2.11. The molecule has 7 nitrogen and oxygen atoms in total. The molecule has 2 aliphatic rings. The lowest BCUT2D eigenvalue weighted by Crippen LogP contribution is -2.54. The Bertz CT molecular complexity index is 435. The van der Waals surface area contributed by atoms with Crippen LogP contribution >= 0.6 is 24.0 Å². The number of aliphatic imine (C=N–C) groups is 1. The van der Waals surface area contributed by atoms with Gasteiger partial charge in [0.05, 0.1) is 6.61 Å². The lowest BCUT2D eigenvalue weighted by Gasteiger charge is -2.36. The summed E-state index contributed by atoms with van der Waals surface area (Å²) in [5.41, 5.74) is 0. The predicted molar refractivity (Wildman–Crippen MR) is 116 cm³/mol. The van der Waals surface area contributed by atoms with Gasteiger partial charge in [0.2, 0.25) is 0 Å². The lowest BCUT2D eigenvalue weighted by atomic mass is 10.1. The van der Waals surface area contributed by atoms with E-state index in [-0.39, 0.29) is 30.1 Å². The third-order valence-electron chi connectivity index (χ3n) is 4.94. The molecule has 0 saturated carbocycles. The predicted octanol–water partition coefficient (Wildman–Crippen LogP) is 2.08. The summed E-state index contributed by atoms with van der Waals surface area (Å²) >= 11 is 0. The molecule has 1 atom stereocenters. The van der Waals surface area contributed by atoms with Crippen molar-refractivity contribution in [3.05, 3.63) is 0 Å². The minimum absolute atomic E-state index is 0. The van der Waals surface area contributed by atoms with E-state index in [0.717, 1.165) is 32.1 Å². The summed E-state index contributed by atoms with van der Waals surface area (Å²) in [6.07, 6.45) is 3.85. The van der Waals surface area contributed by atoms with E-state index >= 15 is 0 Å². The van der Waals surface area contributed by atoms with Crippen molar-refractivity contribution in [3.8, 4) is 0 Å². The van der Waals surface area contributed by atoms with Crippen molar-refractivity contribution < 1.29 is 9.53 Å². The highest BCUT2D eigenvalue weighted by molar-refractivity contribution is 14.0. The first-order valence-corrected chi connectivity index (χ1v) is 9.73. The molecular weight excluding hydrogens is 445 g/mol. The zero-order valence-corrected chi connectivity index (χ0v) is 18.9. The van der Waals surface area contributed by atoms with Crippen LogP contribution in [0.2, 0.25) is 0 Å². The third kappa shape index (κ3) is 7.46. The Balaban J connectivity index is 0.00000338. The summed E-state index contributed by atoms with van der Waals surface area (Å²) in [4.78, 5) is 22.8. The van der Waals surface area contributed by atoms with Crippen LogP contribution < -0.4 is 5.32 Å². The maximum atomic E-state index is 11.8. The minimum atomic E-state index is -0.208. The van der Waals surface area contributed by atoms with Crippen LogP contribution in [0.3, 0.4) is 0 Å². The van der Waals surface area contributed by atoms with Gasteiger partial charge in [-0.2, -0.15) is 0 Å². The standard InChI is InChI=1S/C18H35N5O2.HI/c1-4-25-18(24)23-12-10-22(11-13-23)17(19-3)20-14-16(2)15-21-8-6-5-7-9-21;/h16H,4-15H2,1-3H3,(H,19,20);1H. The third-order valence-corrected chi connectivity index (χ3v) is 4.94. The van der Waals surface area contributed by atoms with Gasteiger partial charge in [0, 0.05) is 46.3 Å². The lowest BCUT2D eigenvalue weighted by molar-refractivity contribution is 0.0914. The summed E-state index contributed by atoms with van der Waals surface area (Å²) < 4.78 is 5.07. The topological polar surface area (TPSA) is 60.4 Å². The highest BCUT2D eigenvalue weighted by Gasteiger charge is 2.24. The SMILES string of the molecule is CCOC(=O)N1CCN(C(=NC)NCC(C)CN2CCCCC2)CC1.I. The van der Waals surface area contributed by atoms with Crippen molar-refractivity contribution in [3.63, 3.8) is 0 Å². The second-order valence-corrected chi connectivity index (χ2v) is 7.07. The van der Waals surface area contributed by atoms with Crippen molar-refractivity contribution >= 4 is 36.0 Å². The molecule has 2 heterocycles. The molecule has 0 aromatic carbocycles. The van der Waals surface area contributed by atoms with Crippen LogP contribution in [0.25, 0.3) is 0 Å². The van der Waals surface area contributed by atoms with E-state index < -0.39 is 0 Å². The Labute approximate surface area is 175 Å². The first-order valence-electron chi connectivity index (χ1n) is 9.73. The van der Waals surface area contributed by atoms with Crippen molar-refractivity contribution in [1.29, 1.82) is 0 Å². The number of halogens is 1. The second-order valence-electron chi connectivity index (χ2n) is 7.07. The summed E-state index contributed by atoms with van der Waals surface area (Å²) in [5, 5.41) is 3.51. The normalized spacial score (nSPS) is 20.3. The van der Waals surface area contributed by atoms with Gasteiger partial charge in [-0.3, -0.25) is 4.99 Å². The molecule has 8 heteroatoms. The van der Waals surface area contributed by atoms with E-state index in [2.05, 4.69) is 27.0 Å². The van der Waals surface area contributed by atoms with Crippen LogP contribution in [0.15, 0.2) is 4.99 Å². The van der Waals surface area contributed by atoms with Gasteiger partial charge in [0.15, 0.2) is 5.96 Å². The molecule has 1 N–H and O–H groups in total. The summed E-state index contributed by atoms with van der Waals surface area (Å²) in [6, 6.07) is 0. The van der Waals surface area contributed by atoms with Crippen LogP contribution in [0, 0.1) is 5.92 Å². The summed E-state index contributed by atoms with van der Waals surface area (Å²) in [6.45, 7) is 12.1. The number of likely N-dealkylation sites (tertiary alicyclic amines) is 1. The first-order chi connectivity index (χ1) is 12.1. The molecule has 152 valence electrons. The zero-order chi connectivity index (χ0) is 18.1. The monoisotopic (exact) mass is 481 g/mol. The van der Waals surface area contributed by atoms with Gasteiger partial charge < -0.3 is 24.8 Å². The smallest absolute Gasteiger partial charge is 0.409 e. The van der Waals surface area contributed by atoms with Gasteiger partial charge in [-0.05, 0) is 38.8 Å². The fourth-order valence-corrected chi connectivity index (χ4v) is 3.56. The molecule has 0 spiro atoms. The molecule has 1 amide bonds. The number of nitrogens with zero attached hydrogens (tertiary/aromatic N) is 4. The largest absolute Gasteiger partial charge is 0.450 e. The molecule has 2 fully saturated rings. The van der Waals surface area contributed by atoms with Gasteiger partial charge in [0.1, 0.15) is 0 Å². The number of ether oxygens (including phenoxy) is 1. The molecule has 26 heavy (non-hydrogen) atoms. The average molecular weight is 481 g/mol. The van der Waals surface area contributed by atoms with E-state index in [1.54, 1.807) is 4.90 Å². The summed E-state index contributed by atoms with van der Waals surface area (Å²) in [5.74, 6) is 1.53. The number of nitrogens with one attached hydrogen (secondary N) is 1. The molecule has 2 aliphatic heterocycles. The molecule has 0 aromatic heterocycles. The molecule has 0 aromatic rings. The number of hydrogen-bond acceptors (Lipinski definition) is 4. The number of guanidine groups is 1. The van der Waals surface area contributed by atoms with Gasteiger partial charge >= 0.3 is 6.09 Å². The quantitative estimate of drug-likeness (QED) is 0.370. The van der Waals surface area contributed by atoms with Gasteiger partial charge in [-0.1, -0.05) is 13.3 Å². The number of rotatable bonds is 5. The Morgan fingerprint density at radius 3 is 2.27 bits per heavy atom. The van der Waals surface area contributed by atoms with Crippen molar-refractivity contribution in [2.75, 3.05) is 66.0 Å². The highest BCUT2D eigenvalue weighted by atomic mass is 127. The minimum Gasteiger partial charge on any atom is -0.450 e. The summed E-state index contributed by atoms with van der Waals surface area (Å²) in [7, 11) is 1.83. The number of piperazine rings is 1. The number of hydrogen-bond donors (Lipinski definition) is 1.